The second kappa shape index (κ2) is 5.13. The van der Waals surface area contributed by atoms with Crippen molar-refractivity contribution in [2.75, 3.05) is 0 Å². The molecule has 1 aliphatic rings. The number of carbonyl (C=O) groups is 1. The standard InChI is InChI=1S/C10H15N3O4/c14-6-8-9(13(16)17-12-8)10(15)11-7-4-2-1-3-5-7/h7,14H,1-6H2,(H-,11,12,15,16)/p+1. The molecule has 1 aromatic heterocycles. The monoisotopic (exact) mass is 242 g/mol. The number of aliphatic hydroxyl groups excluding tert-OH is 1. The predicted octanol–water partition coefficient (Wildman–Crippen LogP) is 0.0770. The van der Waals surface area contributed by atoms with Gasteiger partial charge in [0.05, 0.1) is 0 Å². The zero-order chi connectivity index (χ0) is 12.3. The molecule has 0 aliphatic heterocycles. The average Bonchev–Trinajstić information content (AvgIpc) is 2.71. The highest BCUT2D eigenvalue weighted by atomic mass is 16.7. The van der Waals surface area contributed by atoms with Crippen LogP contribution in [0.2, 0.25) is 0 Å². The summed E-state index contributed by atoms with van der Waals surface area (Å²) in [7, 11) is 0. The normalized spacial score (nSPS) is 17.0. The molecule has 0 spiro atoms. The Labute approximate surface area is 97.3 Å². The van der Waals surface area contributed by atoms with Gasteiger partial charge in [0, 0.05) is 6.04 Å². The van der Waals surface area contributed by atoms with E-state index in [-0.39, 0.29) is 22.0 Å². The van der Waals surface area contributed by atoms with Crippen LogP contribution in [-0.4, -0.2) is 22.2 Å². The second-order valence-electron chi connectivity index (χ2n) is 4.24. The molecule has 2 rings (SSSR count). The number of rotatable bonds is 3. The zero-order valence-corrected chi connectivity index (χ0v) is 9.44. The summed E-state index contributed by atoms with van der Waals surface area (Å²) in [6.07, 6.45) is 5.23. The molecule has 1 fully saturated rings. The molecule has 1 aliphatic carbocycles. The lowest BCUT2D eigenvalue weighted by molar-refractivity contribution is -0.714. The van der Waals surface area contributed by atoms with E-state index in [4.69, 9.17) is 5.11 Å². The summed E-state index contributed by atoms with van der Waals surface area (Å²) >= 11 is 0. The number of aromatic amines is 1. The lowest BCUT2D eigenvalue weighted by Crippen LogP contribution is -2.40. The van der Waals surface area contributed by atoms with Gasteiger partial charge in [0.15, 0.2) is 4.60 Å². The van der Waals surface area contributed by atoms with Crippen LogP contribution in [0.5, 0.6) is 0 Å². The molecular weight excluding hydrogens is 226 g/mol. The first-order valence-electron chi connectivity index (χ1n) is 5.77. The van der Waals surface area contributed by atoms with Crippen LogP contribution in [0.3, 0.4) is 0 Å². The molecule has 0 bridgehead atoms. The number of aliphatic hydroxyl groups is 1. The molecular formula is C10H16N3O4+. The molecule has 0 atom stereocenters. The van der Waals surface area contributed by atoms with Gasteiger partial charge < -0.3 is 10.4 Å². The van der Waals surface area contributed by atoms with Gasteiger partial charge in [-0.15, -0.1) is 0 Å². The van der Waals surface area contributed by atoms with Crippen LogP contribution in [0.15, 0.2) is 4.63 Å². The summed E-state index contributed by atoms with van der Waals surface area (Å²) in [5.74, 6) is -0.499. The Bertz CT molecular complexity index is 445. The Morgan fingerprint density at radius 1 is 1.47 bits per heavy atom. The van der Waals surface area contributed by atoms with Crippen molar-refractivity contribution in [1.29, 1.82) is 0 Å². The van der Waals surface area contributed by atoms with Gasteiger partial charge in [0.25, 0.3) is 0 Å². The van der Waals surface area contributed by atoms with Gasteiger partial charge in [-0.1, -0.05) is 29.0 Å². The number of aromatic nitrogens is 2. The van der Waals surface area contributed by atoms with E-state index < -0.39 is 12.5 Å². The molecule has 7 nitrogen and oxygen atoms in total. The molecule has 17 heavy (non-hydrogen) atoms. The smallest absolute Gasteiger partial charge is 0.334 e. The third-order valence-electron chi connectivity index (χ3n) is 3.03. The number of nitrogens with one attached hydrogen (secondary N) is 2. The van der Waals surface area contributed by atoms with Gasteiger partial charge in [0.2, 0.25) is 5.69 Å². The van der Waals surface area contributed by atoms with E-state index in [2.05, 4.69) is 15.1 Å². The molecule has 1 saturated carbocycles. The first-order valence-corrected chi connectivity index (χ1v) is 5.77. The fourth-order valence-electron chi connectivity index (χ4n) is 2.13. The fourth-order valence-corrected chi connectivity index (χ4v) is 2.13. The van der Waals surface area contributed by atoms with E-state index in [1.54, 1.807) is 0 Å². The molecule has 1 heterocycles. The highest BCUT2D eigenvalue weighted by Gasteiger charge is 2.29. The number of hydrogen-bond acceptors (Lipinski definition) is 4. The highest BCUT2D eigenvalue weighted by Crippen LogP contribution is 2.17. The second-order valence-corrected chi connectivity index (χ2v) is 4.24. The SMILES string of the molecule is O=C(NC1CCCCC1)c1c(CO)[nH]o[n+]1=O. The van der Waals surface area contributed by atoms with Crippen LogP contribution in [0.25, 0.3) is 0 Å². The summed E-state index contributed by atoms with van der Waals surface area (Å²) in [5.41, 5.74) is -0.105. The first kappa shape index (κ1) is 11.8. The molecule has 3 N–H and O–H groups in total. The quantitative estimate of drug-likeness (QED) is 0.698. The van der Waals surface area contributed by atoms with Crippen LogP contribution < -0.4 is 9.92 Å². The van der Waals surface area contributed by atoms with Crippen molar-refractivity contribution in [3.63, 3.8) is 0 Å². The summed E-state index contributed by atoms with van der Waals surface area (Å²) < 4.78 is 4.50. The van der Waals surface area contributed by atoms with Crippen molar-refractivity contribution in [3.8, 4) is 0 Å². The number of amides is 1. The molecule has 1 amide bonds. The molecule has 94 valence electrons. The lowest BCUT2D eigenvalue weighted by atomic mass is 9.95. The Morgan fingerprint density at radius 2 is 2.18 bits per heavy atom. The summed E-state index contributed by atoms with van der Waals surface area (Å²) in [6, 6.07) is 0.109. The maximum absolute atomic E-state index is 11.9. The van der Waals surface area contributed by atoms with Crippen molar-refractivity contribution in [2.45, 2.75) is 44.8 Å². The Morgan fingerprint density at radius 3 is 2.82 bits per heavy atom. The number of H-pyrrole nitrogens is 1. The minimum atomic E-state index is -0.499. The van der Waals surface area contributed by atoms with Gasteiger partial charge in [-0.05, 0) is 17.7 Å². The molecule has 1 aromatic rings. The van der Waals surface area contributed by atoms with E-state index in [1.807, 2.05) is 0 Å². The van der Waals surface area contributed by atoms with Gasteiger partial charge in [-0.2, -0.15) is 0 Å². The number of hydrogen-bond donors (Lipinski definition) is 3. The van der Waals surface area contributed by atoms with E-state index in [9.17, 15) is 9.70 Å². The van der Waals surface area contributed by atoms with Crippen LogP contribution in [0.4, 0.5) is 0 Å². The first-order chi connectivity index (χ1) is 8.22. The van der Waals surface area contributed by atoms with E-state index in [0.717, 1.165) is 25.7 Å². The van der Waals surface area contributed by atoms with Crippen LogP contribution >= 0.6 is 0 Å². The fraction of sp³-hybridized carbons (Fsp3) is 0.700. The lowest BCUT2D eigenvalue weighted by Gasteiger charge is -2.21. The number of nitrogens with zero attached hydrogens (tertiary/aromatic N) is 1. The maximum atomic E-state index is 11.9. The summed E-state index contributed by atoms with van der Waals surface area (Å²) in [4.78, 5) is 23.1. The largest absolute Gasteiger partial charge is 0.388 e. The van der Waals surface area contributed by atoms with Crippen molar-refractivity contribution >= 4 is 5.91 Å². The molecule has 0 saturated heterocycles. The maximum Gasteiger partial charge on any atom is 0.334 e. The summed E-state index contributed by atoms with van der Waals surface area (Å²) in [5, 5.41) is 14.0. The van der Waals surface area contributed by atoms with Gasteiger partial charge in [0.1, 0.15) is 6.61 Å². The average molecular weight is 242 g/mol. The van der Waals surface area contributed by atoms with Crippen molar-refractivity contribution in [2.24, 2.45) is 0 Å². The minimum Gasteiger partial charge on any atom is -0.388 e. The molecule has 0 unspecified atom stereocenters. The van der Waals surface area contributed by atoms with E-state index in [1.165, 1.54) is 6.42 Å². The van der Waals surface area contributed by atoms with E-state index >= 15 is 0 Å². The van der Waals surface area contributed by atoms with Crippen molar-refractivity contribution in [3.05, 3.63) is 16.3 Å². The topological polar surface area (TPSA) is 101 Å². The third kappa shape index (κ3) is 2.55. The Hall–Kier alpha value is -1.63. The highest BCUT2D eigenvalue weighted by molar-refractivity contribution is 5.91. The van der Waals surface area contributed by atoms with Gasteiger partial charge >= 0.3 is 11.6 Å². The Kier molecular flexibility index (Phi) is 3.58. The zero-order valence-electron chi connectivity index (χ0n) is 9.44. The van der Waals surface area contributed by atoms with Crippen LogP contribution in [0, 0.1) is 4.91 Å². The summed E-state index contributed by atoms with van der Waals surface area (Å²) in [6.45, 7) is -0.438. The van der Waals surface area contributed by atoms with Crippen LogP contribution in [-0.2, 0) is 6.61 Å². The molecule has 7 heteroatoms. The van der Waals surface area contributed by atoms with Gasteiger partial charge in [-0.25, -0.2) is 0 Å². The molecule has 0 radical (unpaired) electrons. The third-order valence-corrected chi connectivity index (χ3v) is 3.03. The predicted molar refractivity (Wildman–Crippen MR) is 56.7 cm³/mol. The van der Waals surface area contributed by atoms with Crippen molar-refractivity contribution < 1.29 is 19.1 Å². The van der Waals surface area contributed by atoms with Crippen molar-refractivity contribution in [1.82, 2.24) is 10.5 Å². The molecule has 0 aromatic carbocycles. The minimum absolute atomic E-state index is 0.0870. The Balaban J connectivity index is 2.08. The van der Waals surface area contributed by atoms with E-state index in [0.29, 0.717) is 0 Å². The number of carbonyl (C=O) groups excluding carboxylic acids is 1. The van der Waals surface area contributed by atoms with Gasteiger partial charge in [-0.3, -0.25) is 4.79 Å². The van der Waals surface area contributed by atoms with Crippen LogP contribution in [0.1, 0.15) is 48.3 Å².